The summed E-state index contributed by atoms with van der Waals surface area (Å²) >= 11 is 0. The van der Waals surface area contributed by atoms with Crippen molar-refractivity contribution in [3.05, 3.63) is 71.3 Å². The van der Waals surface area contributed by atoms with Gasteiger partial charge in [0, 0.05) is 50.1 Å². The number of aromatic nitrogens is 3. The summed E-state index contributed by atoms with van der Waals surface area (Å²) in [6.45, 7) is 2.70. The first-order valence-corrected chi connectivity index (χ1v) is 11.9. The summed E-state index contributed by atoms with van der Waals surface area (Å²) in [4.78, 5) is 5.17. The van der Waals surface area contributed by atoms with E-state index in [4.69, 9.17) is 9.72 Å². The predicted octanol–water partition coefficient (Wildman–Crippen LogP) is 3.29. The van der Waals surface area contributed by atoms with Crippen LogP contribution in [0.15, 0.2) is 53.6 Å². The highest BCUT2D eigenvalue weighted by Gasteiger charge is 2.33. The largest absolute Gasteiger partial charge is 0.497 e. The number of nitrogens with zero attached hydrogens (tertiary/aromatic N) is 4. The van der Waals surface area contributed by atoms with Crippen molar-refractivity contribution in [1.29, 1.82) is 0 Å². The molecule has 1 fully saturated rings. The zero-order chi connectivity index (χ0) is 22.0. The van der Waals surface area contributed by atoms with E-state index in [-0.39, 0.29) is 10.8 Å². The van der Waals surface area contributed by atoms with Crippen LogP contribution in [-0.2, 0) is 23.5 Å². The minimum Gasteiger partial charge on any atom is -0.497 e. The van der Waals surface area contributed by atoms with Gasteiger partial charge in [0.05, 0.1) is 12.8 Å². The molecule has 1 saturated heterocycles. The first kappa shape index (κ1) is 21.5. The third kappa shape index (κ3) is 4.65. The summed E-state index contributed by atoms with van der Waals surface area (Å²) in [5.74, 6) is 0.901. The number of hydrogen-bond acceptors (Lipinski definition) is 5. The zero-order valence-corrected chi connectivity index (χ0v) is 19.0. The fraction of sp³-hybridized carbons (Fsp3) is 0.391. The van der Waals surface area contributed by atoms with E-state index in [9.17, 15) is 8.42 Å². The monoisotopic (exact) mass is 440 g/mol. The molecule has 2 aromatic heterocycles. The number of methoxy groups -OCH3 is 1. The van der Waals surface area contributed by atoms with Gasteiger partial charge in [-0.1, -0.05) is 18.2 Å². The fourth-order valence-electron chi connectivity index (χ4n) is 4.19. The maximum Gasteiger partial charge on any atom is 0.246 e. The molecule has 164 valence electrons. The summed E-state index contributed by atoms with van der Waals surface area (Å²) < 4.78 is 34.9. The lowest BCUT2D eigenvalue weighted by molar-refractivity contribution is 0.312. The van der Waals surface area contributed by atoms with Crippen LogP contribution < -0.4 is 4.74 Å². The Hall–Kier alpha value is -2.71. The molecule has 0 unspecified atom stereocenters. The van der Waals surface area contributed by atoms with Gasteiger partial charge in [0.1, 0.15) is 10.6 Å². The van der Waals surface area contributed by atoms with Gasteiger partial charge in [-0.3, -0.25) is 9.67 Å². The molecule has 1 aliphatic heterocycles. The normalized spacial score (nSPS) is 17.6. The van der Waals surface area contributed by atoms with E-state index in [0.29, 0.717) is 25.2 Å². The van der Waals surface area contributed by atoms with Crippen LogP contribution in [0.2, 0.25) is 0 Å². The Morgan fingerprint density at radius 1 is 1.19 bits per heavy atom. The molecule has 0 bridgehead atoms. The molecule has 1 aliphatic rings. The summed E-state index contributed by atoms with van der Waals surface area (Å²) in [6, 6.07) is 14.0. The second kappa shape index (κ2) is 8.80. The fourth-order valence-corrected chi connectivity index (χ4v) is 5.91. The quantitative estimate of drug-likeness (QED) is 0.588. The third-order valence-corrected chi connectivity index (χ3v) is 7.70. The molecule has 7 nitrogen and oxygen atoms in total. The standard InChI is InChI=1S/C23H28N4O3S/c1-17-23(16-26(2)25-17)31(28,29)27-12-6-8-19(15-27)22-11-5-9-20(24-22)13-18-7-4-10-21(14-18)30-3/h4-5,7,9-11,14,16,19H,6,8,12-13,15H2,1-3H3/t19-/m0/s1. The van der Waals surface area contributed by atoms with E-state index < -0.39 is 10.0 Å². The Balaban J connectivity index is 1.53. The van der Waals surface area contributed by atoms with Gasteiger partial charge < -0.3 is 4.74 Å². The van der Waals surface area contributed by atoms with E-state index in [1.165, 1.54) is 0 Å². The van der Waals surface area contributed by atoms with Crippen molar-refractivity contribution in [3.63, 3.8) is 0 Å². The first-order chi connectivity index (χ1) is 14.9. The van der Waals surface area contributed by atoms with Crippen LogP contribution in [0.25, 0.3) is 0 Å². The summed E-state index contributed by atoms with van der Waals surface area (Å²) in [7, 11) is -0.171. The van der Waals surface area contributed by atoms with Crippen molar-refractivity contribution in [2.75, 3.05) is 20.2 Å². The minimum atomic E-state index is -3.57. The molecule has 1 atom stereocenters. The van der Waals surface area contributed by atoms with Crippen LogP contribution in [0.1, 0.15) is 41.4 Å². The van der Waals surface area contributed by atoms with Gasteiger partial charge in [0.25, 0.3) is 0 Å². The van der Waals surface area contributed by atoms with Crippen LogP contribution in [0.4, 0.5) is 0 Å². The molecule has 0 saturated carbocycles. The Morgan fingerprint density at radius 2 is 2.00 bits per heavy atom. The summed E-state index contributed by atoms with van der Waals surface area (Å²) in [5, 5.41) is 4.20. The highest BCUT2D eigenvalue weighted by atomic mass is 32.2. The Bertz CT molecular complexity index is 1170. The summed E-state index contributed by atoms with van der Waals surface area (Å²) in [5.41, 5.74) is 3.57. The Kier molecular flexibility index (Phi) is 6.11. The van der Waals surface area contributed by atoms with Crippen LogP contribution >= 0.6 is 0 Å². The SMILES string of the molecule is COc1cccc(Cc2cccc([C@H]3CCCN(S(=O)(=O)c4cn(C)nc4C)C3)n2)c1. The van der Waals surface area contributed by atoms with Crippen molar-refractivity contribution in [2.24, 2.45) is 7.05 Å². The molecular formula is C23H28N4O3S. The number of benzene rings is 1. The van der Waals surface area contributed by atoms with E-state index in [1.54, 1.807) is 36.3 Å². The van der Waals surface area contributed by atoms with Gasteiger partial charge >= 0.3 is 0 Å². The smallest absolute Gasteiger partial charge is 0.246 e. The minimum absolute atomic E-state index is 0.0748. The summed E-state index contributed by atoms with van der Waals surface area (Å²) in [6.07, 6.45) is 4.02. The molecule has 3 heterocycles. The van der Waals surface area contributed by atoms with Crippen LogP contribution in [0.3, 0.4) is 0 Å². The van der Waals surface area contributed by atoms with Gasteiger partial charge in [0.15, 0.2) is 0 Å². The second-order valence-electron chi connectivity index (χ2n) is 8.04. The van der Waals surface area contributed by atoms with Crippen molar-refractivity contribution in [3.8, 4) is 5.75 Å². The lowest BCUT2D eigenvalue weighted by atomic mass is 9.95. The Morgan fingerprint density at radius 3 is 2.74 bits per heavy atom. The van der Waals surface area contributed by atoms with Gasteiger partial charge in [-0.05, 0) is 49.6 Å². The van der Waals surface area contributed by atoms with Crippen LogP contribution in [-0.4, -0.2) is 47.7 Å². The maximum atomic E-state index is 13.2. The molecule has 0 amide bonds. The third-order valence-electron chi connectivity index (χ3n) is 5.74. The second-order valence-corrected chi connectivity index (χ2v) is 9.94. The van der Waals surface area contributed by atoms with Gasteiger partial charge in [-0.25, -0.2) is 8.42 Å². The van der Waals surface area contributed by atoms with Crippen LogP contribution in [0, 0.1) is 6.92 Å². The van der Waals surface area contributed by atoms with E-state index >= 15 is 0 Å². The Labute approximate surface area is 183 Å². The molecule has 0 aliphatic carbocycles. The van der Waals surface area contributed by atoms with Crippen molar-refractivity contribution >= 4 is 10.0 Å². The van der Waals surface area contributed by atoms with E-state index in [2.05, 4.69) is 11.2 Å². The van der Waals surface area contributed by atoms with Gasteiger partial charge in [-0.2, -0.15) is 9.40 Å². The molecule has 3 aromatic rings. The number of aryl methyl sites for hydroxylation is 2. The number of hydrogen-bond donors (Lipinski definition) is 0. The predicted molar refractivity (Wildman–Crippen MR) is 119 cm³/mol. The average molecular weight is 441 g/mol. The lowest BCUT2D eigenvalue weighted by Crippen LogP contribution is -2.39. The molecule has 0 radical (unpaired) electrons. The lowest BCUT2D eigenvalue weighted by Gasteiger charge is -2.31. The first-order valence-electron chi connectivity index (χ1n) is 10.5. The van der Waals surface area contributed by atoms with E-state index in [1.807, 2.05) is 36.4 Å². The molecule has 1 aromatic carbocycles. The highest BCUT2D eigenvalue weighted by Crippen LogP contribution is 2.30. The van der Waals surface area contributed by atoms with Crippen molar-refractivity contribution in [1.82, 2.24) is 19.1 Å². The molecule has 8 heteroatoms. The highest BCUT2D eigenvalue weighted by molar-refractivity contribution is 7.89. The zero-order valence-electron chi connectivity index (χ0n) is 18.2. The number of rotatable bonds is 6. The van der Waals surface area contributed by atoms with Crippen LogP contribution in [0.5, 0.6) is 5.75 Å². The van der Waals surface area contributed by atoms with E-state index in [0.717, 1.165) is 35.5 Å². The van der Waals surface area contributed by atoms with Gasteiger partial charge in [0.2, 0.25) is 10.0 Å². The topological polar surface area (TPSA) is 77.3 Å². The average Bonchev–Trinajstić information content (AvgIpc) is 3.13. The number of piperidine rings is 1. The van der Waals surface area contributed by atoms with Gasteiger partial charge in [-0.15, -0.1) is 0 Å². The molecule has 0 spiro atoms. The number of sulfonamides is 1. The van der Waals surface area contributed by atoms with Crippen molar-refractivity contribution < 1.29 is 13.2 Å². The number of pyridine rings is 1. The number of ether oxygens (including phenoxy) is 1. The molecule has 31 heavy (non-hydrogen) atoms. The maximum absolute atomic E-state index is 13.2. The molecule has 0 N–H and O–H groups in total. The molecular weight excluding hydrogens is 412 g/mol. The van der Waals surface area contributed by atoms with Crippen molar-refractivity contribution in [2.45, 2.75) is 37.0 Å². The molecule has 4 rings (SSSR count).